The van der Waals surface area contributed by atoms with E-state index in [0.29, 0.717) is 10.2 Å². The van der Waals surface area contributed by atoms with Gasteiger partial charge in [-0.1, -0.05) is 53.7 Å². The third kappa shape index (κ3) is 6.47. The van der Waals surface area contributed by atoms with Gasteiger partial charge in [-0.3, -0.25) is 0 Å². The fraction of sp³-hybridized carbons (Fsp3) is 0.0476. The lowest BCUT2D eigenvalue weighted by Gasteiger charge is -2.05. The molecule has 2 N–H and O–H groups in total. The smallest absolute Gasteiger partial charge is 0.180 e. The van der Waals surface area contributed by atoms with Crippen molar-refractivity contribution in [1.82, 2.24) is 0 Å². The average Bonchev–Trinajstić information content (AvgIpc) is 2.70. The van der Waals surface area contributed by atoms with Crippen molar-refractivity contribution in [3.05, 3.63) is 95.0 Å². The predicted octanol–water partition coefficient (Wildman–Crippen LogP) is 5.71. The van der Waals surface area contributed by atoms with E-state index in [0.717, 1.165) is 22.8 Å². The molecule has 0 unspecified atom stereocenters. The largest absolute Gasteiger partial charge is 0.457 e. The molecule has 27 heavy (non-hydrogen) atoms. The molecule has 0 saturated carbocycles. The molecule has 0 aliphatic rings. The first-order valence-electron chi connectivity index (χ1n) is 8.26. The number of hydrogen-bond donors (Lipinski definition) is 1. The number of amidine groups is 1. The molecule has 0 heterocycles. The summed E-state index contributed by atoms with van der Waals surface area (Å²) in [5, 5.41) is 9.16. The van der Waals surface area contributed by atoms with Gasteiger partial charge in [0.2, 0.25) is 0 Å². The number of nitrogens with two attached hydrogens (primary N) is 1. The zero-order valence-corrected chi connectivity index (χ0v) is 16.0. The first kappa shape index (κ1) is 19.0. The molecule has 3 aromatic carbocycles. The summed E-state index contributed by atoms with van der Waals surface area (Å²) in [6.45, 7) is 0. The van der Waals surface area contributed by atoms with E-state index in [1.165, 1.54) is 17.3 Å². The topological polar surface area (TPSA) is 60.0 Å². The summed E-state index contributed by atoms with van der Waals surface area (Å²) < 4.78 is 5.75. The van der Waals surface area contributed by atoms with E-state index < -0.39 is 0 Å². The molecule has 0 saturated heterocycles. The summed E-state index contributed by atoms with van der Waals surface area (Å²) in [6.07, 6.45) is 1.65. The van der Waals surface area contributed by atoms with Crippen molar-refractivity contribution in [2.45, 2.75) is 5.75 Å². The van der Waals surface area contributed by atoms with Gasteiger partial charge in [-0.15, -0.1) is 5.10 Å². The zero-order valence-electron chi connectivity index (χ0n) is 14.5. The van der Waals surface area contributed by atoms with E-state index in [9.17, 15) is 0 Å². The second-order valence-corrected chi connectivity index (χ2v) is 7.01. The summed E-state index contributed by atoms with van der Waals surface area (Å²) in [4.78, 5) is 0. The number of thioether (sulfide) groups is 1. The van der Waals surface area contributed by atoms with Gasteiger partial charge < -0.3 is 10.5 Å². The molecule has 136 valence electrons. The number of nitrogens with zero attached hydrogens (tertiary/aromatic N) is 2. The second kappa shape index (κ2) is 9.80. The van der Waals surface area contributed by atoms with Crippen molar-refractivity contribution >= 4 is 34.7 Å². The Morgan fingerprint density at radius 1 is 0.926 bits per heavy atom. The van der Waals surface area contributed by atoms with Gasteiger partial charge in [0.05, 0.1) is 6.21 Å². The molecule has 0 spiro atoms. The standard InChI is InChI=1S/C21H18ClN3OS/c22-18-8-12-20(13-9-18)26-19-10-6-16(7-11-19)14-24-25-21(23)27-15-17-4-2-1-3-5-17/h1-14H,15H2,(H2,23,25). The Kier molecular flexibility index (Phi) is 6.90. The molecule has 0 amide bonds. The minimum absolute atomic E-state index is 0.429. The molecule has 0 aliphatic heterocycles. The van der Waals surface area contributed by atoms with Gasteiger partial charge in [-0.2, -0.15) is 5.10 Å². The van der Waals surface area contributed by atoms with Crippen LogP contribution < -0.4 is 10.5 Å². The minimum atomic E-state index is 0.429. The zero-order chi connectivity index (χ0) is 18.9. The van der Waals surface area contributed by atoms with E-state index in [1.807, 2.05) is 54.6 Å². The quantitative estimate of drug-likeness (QED) is 0.330. The van der Waals surface area contributed by atoms with Crippen molar-refractivity contribution in [3.63, 3.8) is 0 Å². The number of rotatable bonds is 6. The summed E-state index contributed by atoms with van der Waals surface area (Å²) in [5.41, 5.74) is 7.98. The van der Waals surface area contributed by atoms with Crippen molar-refractivity contribution < 1.29 is 4.74 Å². The van der Waals surface area contributed by atoms with Crippen LogP contribution in [0, 0.1) is 0 Å². The monoisotopic (exact) mass is 395 g/mol. The first-order valence-corrected chi connectivity index (χ1v) is 9.62. The maximum absolute atomic E-state index is 5.88. The normalized spacial score (nSPS) is 11.7. The highest BCUT2D eigenvalue weighted by molar-refractivity contribution is 8.13. The van der Waals surface area contributed by atoms with Crippen LogP contribution >= 0.6 is 23.4 Å². The summed E-state index contributed by atoms with van der Waals surface area (Å²) in [5.74, 6) is 2.23. The summed E-state index contributed by atoms with van der Waals surface area (Å²) in [7, 11) is 0. The SMILES string of the molecule is NC(=NN=Cc1ccc(Oc2ccc(Cl)cc2)cc1)SCc1ccccc1. The molecule has 6 heteroatoms. The Morgan fingerprint density at radius 3 is 2.22 bits per heavy atom. The number of ether oxygens (including phenoxy) is 1. The van der Waals surface area contributed by atoms with Crippen LogP contribution in [0.5, 0.6) is 11.5 Å². The number of halogens is 1. The fourth-order valence-corrected chi connectivity index (χ4v) is 2.91. The molecular weight excluding hydrogens is 378 g/mol. The van der Waals surface area contributed by atoms with Crippen LogP contribution in [0.15, 0.2) is 89.1 Å². The highest BCUT2D eigenvalue weighted by Gasteiger charge is 1.98. The lowest BCUT2D eigenvalue weighted by molar-refractivity contribution is 0.482. The van der Waals surface area contributed by atoms with E-state index in [1.54, 1.807) is 18.3 Å². The van der Waals surface area contributed by atoms with Gasteiger partial charge >= 0.3 is 0 Å². The van der Waals surface area contributed by atoms with Crippen LogP contribution in [0.25, 0.3) is 0 Å². The average molecular weight is 396 g/mol. The lowest BCUT2D eigenvalue weighted by atomic mass is 10.2. The molecule has 4 nitrogen and oxygen atoms in total. The van der Waals surface area contributed by atoms with E-state index in [2.05, 4.69) is 22.3 Å². The molecule has 0 atom stereocenters. The minimum Gasteiger partial charge on any atom is -0.457 e. The molecule has 3 aromatic rings. The molecule has 0 fully saturated rings. The molecule has 0 aromatic heterocycles. The Labute approximate surface area is 167 Å². The van der Waals surface area contributed by atoms with Crippen molar-refractivity contribution in [3.8, 4) is 11.5 Å². The Morgan fingerprint density at radius 2 is 1.56 bits per heavy atom. The maximum Gasteiger partial charge on any atom is 0.180 e. The van der Waals surface area contributed by atoms with Crippen LogP contribution in [0.2, 0.25) is 5.02 Å². The van der Waals surface area contributed by atoms with Gasteiger partial charge in [0.1, 0.15) is 11.5 Å². The van der Waals surface area contributed by atoms with Gasteiger partial charge in [0, 0.05) is 10.8 Å². The third-order valence-electron chi connectivity index (χ3n) is 3.52. The van der Waals surface area contributed by atoms with Crippen molar-refractivity contribution in [1.29, 1.82) is 0 Å². The van der Waals surface area contributed by atoms with Crippen LogP contribution in [0.1, 0.15) is 11.1 Å². The predicted molar refractivity (Wildman–Crippen MR) is 115 cm³/mol. The summed E-state index contributed by atoms with van der Waals surface area (Å²) in [6, 6.07) is 24.9. The molecule has 0 bridgehead atoms. The highest BCUT2D eigenvalue weighted by Crippen LogP contribution is 2.23. The molecule has 0 radical (unpaired) electrons. The van der Waals surface area contributed by atoms with Crippen LogP contribution in [-0.2, 0) is 5.75 Å². The number of hydrogen-bond acceptors (Lipinski definition) is 4. The Hall–Kier alpha value is -2.76. The third-order valence-corrected chi connectivity index (χ3v) is 4.63. The lowest BCUT2D eigenvalue weighted by Crippen LogP contribution is -2.05. The van der Waals surface area contributed by atoms with Crippen LogP contribution in [0.3, 0.4) is 0 Å². The van der Waals surface area contributed by atoms with E-state index in [-0.39, 0.29) is 0 Å². The van der Waals surface area contributed by atoms with Crippen molar-refractivity contribution in [2.75, 3.05) is 0 Å². The maximum atomic E-state index is 5.88. The van der Waals surface area contributed by atoms with Gasteiger partial charge in [-0.05, 0) is 59.7 Å². The van der Waals surface area contributed by atoms with E-state index in [4.69, 9.17) is 22.1 Å². The molecule has 3 rings (SSSR count). The first-order chi connectivity index (χ1) is 13.2. The Bertz CT molecular complexity index is 910. The number of benzene rings is 3. The van der Waals surface area contributed by atoms with Gasteiger partial charge in [-0.25, -0.2) is 0 Å². The molecular formula is C21H18ClN3OS. The summed E-state index contributed by atoms with van der Waals surface area (Å²) >= 11 is 7.32. The van der Waals surface area contributed by atoms with Crippen molar-refractivity contribution in [2.24, 2.45) is 15.9 Å². The molecule has 0 aliphatic carbocycles. The Balaban J connectivity index is 1.51. The second-order valence-electron chi connectivity index (χ2n) is 5.58. The van der Waals surface area contributed by atoms with Gasteiger partial charge in [0.25, 0.3) is 0 Å². The van der Waals surface area contributed by atoms with Gasteiger partial charge in [0.15, 0.2) is 5.17 Å². The van der Waals surface area contributed by atoms with E-state index >= 15 is 0 Å². The van der Waals surface area contributed by atoms with Crippen LogP contribution in [-0.4, -0.2) is 11.4 Å². The van der Waals surface area contributed by atoms with Crippen LogP contribution in [0.4, 0.5) is 0 Å². The highest BCUT2D eigenvalue weighted by atomic mass is 35.5. The fourth-order valence-electron chi connectivity index (χ4n) is 2.17.